The fraction of sp³-hybridized carbons (Fsp3) is 0.0909. The molecule has 27 heavy (non-hydrogen) atoms. The maximum Gasteiger partial charge on any atom is 0.256 e. The van der Waals surface area contributed by atoms with E-state index in [-0.39, 0.29) is 11.9 Å². The van der Waals surface area contributed by atoms with Crippen LogP contribution in [0.3, 0.4) is 0 Å². The molecule has 1 amide bonds. The van der Waals surface area contributed by atoms with Crippen molar-refractivity contribution in [1.82, 2.24) is 0 Å². The average molecular weight is 378 g/mol. The van der Waals surface area contributed by atoms with E-state index in [1.807, 2.05) is 72.8 Å². The molecule has 3 aromatic carbocycles. The maximum atomic E-state index is 12.6. The van der Waals surface area contributed by atoms with E-state index in [1.165, 1.54) is 0 Å². The second-order valence-electron chi connectivity index (χ2n) is 6.21. The fourth-order valence-corrected chi connectivity index (χ4v) is 3.19. The number of carbonyl (C=O) groups is 1. The Morgan fingerprint density at radius 2 is 1.44 bits per heavy atom. The number of guanidine groups is 1. The van der Waals surface area contributed by atoms with Crippen LogP contribution in [0.5, 0.6) is 0 Å². The van der Waals surface area contributed by atoms with Crippen LogP contribution in [-0.4, -0.2) is 11.9 Å². The number of amides is 1. The number of benzene rings is 3. The molecule has 5 heteroatoms. The number of hydrogen-bond acceptors (Lipinski definition) is 1. The van der Waals surface area contributed by atoms with Crippen LogP contribution < -0.4 is 11.5 Å². The van der Waals surface area contributed by atoms with Gasteiger partial charge in [0.2, 0.25) is 0 Å². The van der Waals surface area contributed by atoms with Gasteiger partial charge in [-0.1, -0.05) is 84.4 Å². The van der Waals surface area contributed by atoms with Gasteiger partial charge in [-0.2, -0.15) is 4.99 Å². The van der Waals surface area contributed by atoms with Crippen LogP contribution in [0.2, 0.25) is 5.02 Å². The van der Waals surface area contributed by atoms with Gasteiger partial charge < -0.3 is 11.5 Å². The molecule has 3 rings (SSSR count). The van der Waals surface area contributed by atoms with Crippen molar-refractivity contribution in [2.24, 2.45) is 16.5 Å². The minimum atomic E-state index is -0.517. The third-order valence-electron chi connectivity index (χ3n) is 4.34. The van der Waals surface area contributed by atoms with E-state index in [9.17, 15) is 4.79 Å². The molecule has 0 heterocycles. The van der Waals surface area contributed by atoms with Gasteiger partial charge >= 0.3 is 0 Å². The molecule has 0 unspecified atom stereocenters. The Balaban J connectivity index is 1.94. The van der Waals surface area contributed by atoms with Crippen LogP contribution in [0, 0.1) is 0 Å². The molecule has 136 valence electrons. The third kappa shape index (κ3) is 4.74. The van der Waals surface area contributed by atoms with Crippen molar-refractivity contribution in [3.8, 4) is 11.1 Å². The lowest BCUT2D eigenvalue weighted by Crippen LogP contribution is -2.26. The van der Waals surface area contributed by atoms with Crippen molar-refractivity contribution in [3.63, 3.8) is 0 Å². The summed E-state index contributed by atoms with van der Waals surface area (Å²) in [4.78, 5) is 16.4. The van der Waals surface area contributed by atoms with E-state index in [2.05, 4.69) is 4.99 Å². The maximum absolute atomic E-state index is 12.6. The fourth-order valence-electron chi connectivity index (χ4n) is 2.98. The average Bonchev–Trinajstić information content (AvgIpc) is 2.67. The van der Waals surface area contributed by atoms with E-state index in [0.717, 1.165) is 22.3 Å². The highest BCUT2D eigenvalue weighted by molar-refractivity contribution is 6.31. The van der Waals surface area contributed by atoms with Crippen molar-refractivity contribution in [3.05, 3.63) is 95.0 Å². The van der Waals surface area contributed by atoms with Crippen molar-refractivity contribution < 1.29 is 4.79 Å². The molecule has 4 nitrogen and oxygen atoms in total. The second-order valence-corrected chi connectivity index (χ2v) is 6.62. The van der Waals surface area contributed by atoms with Gasteiger partial charge in [0.15, 0.2) is 5.96 Å². The highest BCUT2D eigenvalue weighted by Crippen LogP contribution is 2.28. The lowest BCUT2D eigenvalue weighted by molar-refractivity contribution is -0.119. The first-order valence-electron chi connectivity index (χ1n) is 8.57. The lowest BCUT2D eigenvalue weighted by Gasteiger charge is -2.16. The molecule has 0 saturated carbocycles. The Morgan fingerprint density at radius 1 is 0.852 bits per heavy atom. The second kappa shape index (κ2) is 8.52. The smallest absolute Gasteiger partial charge is 0.256 e. The molecule has 0 fully saturated rings. The van der Waals surface area contributed by atoms with Gasteiger partial charge in [-0.3, -0.25) is 4.79 Å². The number of aliphatic imine (C=N–C) groups is 1. The summed E-state index contributed by atoms with van der Waals surface area (Å²) in [5.74, 6) is -1.15. The van der Waals surface area contributed by atoms with Gasteiger partial charge in [0.05, 0.1) is 5.92 Å². The highest BCUT2D eigenvalue weighted by Gasteiger charge is 2.22. The molecular weight excluding hydrogens is 358 g/mol. The monoisotopic (exact) mass is 377 g/mol. The Hall–Kier alpha value is -3.11. The van der Waals surface area contributed by atoms with Gasteiger partial charge in [0, 0.05) is 5.02 Å². The summed E-state index contributed by atoms with van der Waals surface area (Å²) in [5.41, 5.74) is 14.7. The summed E-state index contributed by atoms with van der Waals surface area (Å²) in [5, 5.41) is 0.612. The molecule has 0 aliphatic carbocycles. The molecule has 0 bridgehead atoms. The van der Waals surface area contributed by atoms with Crippen LogP contribution in [0.4, 0.5) is 0 Å². The predicted octanol–water partition coefficient (Wildman–Crippen LogP) is 4.13. The van der Waals surface area contributed by atoms with E-state index >= 15 is 0 Å². The molecular formula is C22H20ClN3O. The highest BCUT2D eigenvalue weighted by atomic mass is 35.5. The summed E-state index contributed by atoms with van der Waals surface area (Å²) in [6.07, 6.45) is 0.417. The molecule has 3 aromatic rings. The SMILES string of the molecule is NC(N)=NC(=O)[C@H](Cc1ccccc1Cl)c1ccc(-c2ccccc2)cc1. The minimum Gasteiger partial charge on any atom is -0.370 e. The van der Waals surface area contributed by atoms with Gasteiger partial charge in [-0.15, -0.1) is 0 Å². The zero-order chi connectivity index (χ0) is 19.2. The third-order valence-corrected chi connectivity index (χ3v) is 4.71. The molecule has 0 radical (unpaired) electrons. The molecule has 4 N–H and O–H groups in total. The van der Waals surface area contributed by atoms with Gasteiger partial charge in [-0.05, 0) is 34.7 Å². The number of halogens is 1. The summed E-state index contributed by atoms with van der Waals surface area (Å²) in [7, 11) is 0. The first kappa shape index (κ1) is 18.7. The predicted molar refractivity (Wildman–Crippen MR) is 111 cm³/mol. The first-order chi connectivity index (χ1) is 13.0. The number of nitrogens with zero attached hydrogens (tertiary/aromatic N) is 1. The summed E-state index contributed by atoms with van der Waals surface area (Å²) in [6, 6.07) is 25.3. The summed E-state index contributed by atoms with van der Waals surface area (Å²) < 4.78 is 0. The Bertz CT molecular complexity index is 949. The minimum absolute atomic E-state index is 0.245. The Labute approximate surface area is 163 Å². The van der Waals surface area contributed by atoms with Crippen molar-refractivity contribution >= 4 is 23.5 Å². The van der Waals surface area contributed by atoms with E-state index in [0.29, 0.717) is 11.4 Å². The van der Waals surface area contributed by atoms with Gasteiger partial charge in [0.25, 0.3) is 5.91 Å². The van der Waals surface area contributed by atoms with Crippen LogP contribution in [0.1, 0.15) is 17.0 Å². The normalized spacial score (nSPS) is 11.6. The first-order valence-corrected chi connectivity index (χ1v) is 8.94. The lowest BCUT2D eigenvalue weighted by atomic mass is 9.90. The zero-order valence-corrected chi connectivity index (χ0v) is 15.4. The standard InChI is InChI=1S/C22H20ClN3O/c23-20-9-5-4-8-18(20)14-19(21(27)26-22(24)25)17-12-10-16(11-13-17)15-6-2-1-3-7-15/h1-13,19H,14H2,(H4,24,25,26,27)/t19-/m1/s1. The van der Waals surface area contributed by atoms with Crippen molar-refractivity contribution in [1.29, 1.82) is 0 Å². The van der Waals surface area contributed by atoms with Crippen LogP contribution >= 0.6 is 11.6 Å². The van der Waals surface area contributed by atoms with E-state index in [4.69, 9.17) is 23.1 Å². The number of carbonyl (C=O) groups excluding carboxylic acids is 1. The molecule has 0 spiro atoms. The Morgan fingerprint density at radius 3 is 2.07 bits per heavy atom. The van der Waals surface area contributed by atoms with Crippen LogP contribution in [0.25, 0.3) is 11.1 Å². The molecule has 0 aliphatic rings. The quantitative estimate of drug-likeness (QED) is 0.518. The van der Waals surface area contributed by atoms with Gasteiger partial charge in [0.1, 0.15) is 0 Å². The molecule has 0 aliphatic heterocycles. The van der Waals surface area contributed by atoms with Crippen LogP contribution in [-0.2, 0) is 11.2 Å². The largest absolute Gasteiger partial charge is 0.370 e. The molecule has 1 atom stereocenters. The number of nitrogens with two attached hydrogens (primary N) is 2. The molecule has 0 saturated heterocycles. The molecule has 0 aromatic heterocycles. The summed E-state index contributed by atoms with van der Waals surface area (Å²) >= 11 is 6.27. The number of rotatable bonds is 5. The summed E-state index contributed by atoms with van der Waals surface area (Å²) in [6.45, 7) is 0. The Kier molecular flexibility index (Phi) is 5.89. The van der Waals surface area contributed by atoms with Crippen molar-refractivity contribution in [2.75, 3.05) is 0 Å². The van der Waals surface area contributed by atoms with E-state index < -0.39 is 5.92 Å². The number of hydrogen-bond donors (Lipinski definition) is 2. The van der Waals surface area contributed by atoms with E-state index in [1.54, 1.807) is 6.07 Å². The van der Waals surface area contributed by atoms with Crippen molar-refractivity contribution in [2.45, 2.75) is 12.3 Å². The zero-order valence-electron chi connectivity index (χ0n) is 14.7. The van der Waals surface area contributed by atoms with Crippen LogP contribution in [0.15, 0.2) is 83.9 Å². The van der Waals surface area contributed by atoms with Gasteiger partial charge in [-0.25, -0.2) is 0 Å². The topological polar surface area (TPSA) is 81.5 Å².